The molecule has 3 rings (SSSR count). The first kappa shape index (κ1) is 20.1. The fraction of sp³-hybridized carbons (Fsp3) is 0.136. The molecule has 0 aromatic heterocycles. The molecule has 0 heterocycles. The van der Waals surface area contributed by atoms with E-state index in [2.05, 4.69) is 62.8 Å². The third-order valence-electron chi connectivity index (χ3n) is 4.02. The van der Waals surface area contributed by atoms with Crippen molar-refractivity contribution in [2.75, 3.05) is 0 Å². The highest BCUT2D eigenvalue weighted by atomic mass is 79.9. The summed E-state index contributed by atoms with van der Waals surface area (Å²) in [5.41, 5.74) is 5.40. The van der Waals surface area contributed by atoms with Crippen LogP contribution >= 0.6 is 43.5 Å². The minimum Gasteiger partial charge on any atom is -0.487 e. The molecule has 0 spiro atoms. The maximum atomic E-state index is 5.96. The van der Waals surface area contributed by atoms with Crippen LogP contribution in [0, 0.1) is 13.8 Å². The standard InChI is InChI=1S/C22H18Br2ClNO/c1-14-3-8-21(15(2)9-14)26-12-17-10-19(23)22(20(24)11-17)27-13-16-4-6-18(25)7-5-16/h3-12H,13H2,1-2H3. The maximum Gasteiger partial charge on any atom is 0.148 e. The summed E-state index contributed by atoms with van der Waals surface area (Å²) in [4.78, 5) is 4.61. The van der Waals surface area contributed by atoms with E-state index in [1.807, 2.05) is 48.7 Å². The number of benzene rings is 3. The first-order valence-corrected chi connectivity index (χ1v) is 10.4. The number of hydrogen-bond acceptors (Lipinski definition) is 2. The molecular formula is C22H18Br2ClNO. The van der Waals surface area contributed by atoms with Gasteiger partial charge in [0.15, 0.2) is 0 Å². The Balaban J connectivity index is 1.75. The lowest BCUT2D eigenvalue weighted by molar-refractivity contribution is 0.302. The molecule has 0 amide bonds. The zero-order valence-electron chi connectivity index (χ0n) is 15.0. The number of nitrogens with zero attached hydrogens (tertiary/aromatic N) is 1. The van der Waals surface area contributed by atoms with E-state index in [9.17, 15) is 0 Å². The van der Waals surface area contributed by atoms with E-state index >= 15 is 0 Å². The molecule has 0 aliphatic rings. The van der Waals surface area contributed by atoms with E-state index in [0.29, 0.717) is 11.6 Å². The smallest absolute Gasteiger partial charge is 0.148 e. The van der Waals surface area contributed by atoms with Gasteiger partial charge in [-0.25, -0.2) is 0 Å². The van der Waals surface area contributed by atoms with Gasteiger partial charge in [0.25, 0.3) is 0 Å². The summed E-state index contributed by atoms with van der Waals surface area (Å²) in [6.45, 7) is 4.61. The Morgan fingerprint density at radius 3 is 2.26 bits per heavy atom. The number of ether oxygens (including phenoxy) is 1. The topological polar surface area (TPSA) is 21.6 Å². The first-order chi connectivity index (χ1) is 12.9. The SMILES string of the molecule is Cc1ccc(N=Cc2cc(Br)c(OCc3ccc(Cl)cc3)c(Br)c2)c(C)c1. The maximum absolute atomic E-state index is 5.96. The molecule has 138 valence electrons. The summed E-state index contributed by atoms with van der Waals surface area (Å²) in [6.07, 6.45) is 1.86. The Morgan fingerprint density at radius 1 is 0.963 bits per heavy atom. The fourth-order valence-electron chi connectivity index (χ4n) is 2.62. The summed E-state index contributed by atoms with van der Waals surface area (Å²) in [7, 11) is 0. The van der Waals surface area contributed by atoms with Crippen LogP contribution in [0.25, 0.3) is 0 Å². The van der Waals surface area contributed by atoms with E-state index in [-0.39, 0.29) is 0 Å². The molecule has 0 saturated carbocycles. The first-order valence-electron chi connectivity index (χ1n) is 8.40. The van der Waals surface area contributed by atoms with Gasteiger partial charge in [-0.05, 0) is 92.7 Å². The molecule has 0 saturated heterocycles. The summed E-state index contributed by atoms with van der Waals surface area (Å²) < 4.78 is 7.70. The molecule has 2 nitrogen and oxygen atoms in total. The lowest BCUT2D eigenvalue weighted by atomic mass is 10.1. The van der Waals surface area contributed by atoms with Gasteiger partial charge in [-0.1, -0.05) is 41.4 Å². The fourth-order valence-corrected chi connectivity index (χ4v) is 4.20. The number of hydrogen-bond donors (Lipinski definition) is 0. The van der Waals surface area contributed by atoms with Crippen molar-refractivity contribution in [1.82, 2.24) is 0 Å². The van der Waals surface area contributed by atoms with Crippen LogP contribution in [0.4, 0.5) is 5.69 Å². The van der Waals surface area contributed by atoms with Crippen LogP contribution in [0.1, 0.15) is 22.3 Å². The van der Waals surface area contributed by atoms with Gasteiger partial charge in [0, 0.05) is 11.2 Å². The predicted molar refractivity (Wildman–Crippen MR) is 121 cm³/mol. The Morgan fingerprint density at radius 2 is 1.63 bits per heavy atom. The highest BCUT2D eigenvalue weighted by molar-refractivity contribution is 9.11. The highest BCUT2D eigenvalue weighted by Gasteiger charge is 2.09. The average Bonchev–Trinajstić information content (AvgIpc) is 2.62. The average molecular weight is 508 g/mol. The number of aliphatic imine (C=N–C) groups is 1. The Labute approximate surface area is 181 Å². The quantitative estimate of drug-likeness (QED) is 0.323. The van der Waals surface area contributed by atoms with Crippen LogP contribution < -0.4 is 4.74 Å². The van der Waals surface area contributed by atoms with Crippen LogP contribution in [-0.4, -0.2) is 6.21 Å². The molecule has 3 aromatic rings. The van der Waals surface area contributed by atoms with Crippen LogP contribution in [0.3, 0.4) is 0 Å². The van der Waals surface area contributed by atoms with E-state index in [1.54, 1.807) is 0 Å². The molecule has 0 radical (unpaired) electrons. The molecule has 0 aliphatic heterocycles. The second-order valence-electron chi connectivity index (χ2n) is 6.28. The van der Waals surface area contributed by atoms with Crippen molar-refractivity contribution in [2.24, 2.45) is 4.99 Å². The molecule has 0 atom stereocenters. The van der Waals surface area contributed by atoms with Gasteiger partial charge < -0.3 is 4.74 Å². The van der Waals surface area contributed by atoms with Crippen molar-refractivity contribution in [3.05, 3.63) is 90.8 Å². The van der Waals surface area contributed by atoms with Crippen LogP contribution in [0.5, 0.6) is 5.75 Å². The monoisotopic (exact) mass is 505 g/mol. The molecule has 27 heavy (non-hydrogen) atoms. The van der Waals surface area contributed by atoms with Crippen molar-refractivity contribution in [2.45, 2.75) is 20.5 Å². The molecule has 0 fully saturated rings. The minimum absolute atomic E-state index is 0.463. The third kappa shape index (κ3) is 5.44. The van der Waals surface area contributed by atoms with Crippen molar-refractivity contribution in [3.8, 4) is 5.75 Å². The predicted octanol–water partition coefficient (Wildman–Crippen LogP) is 7.81. The van der Waals surface area contributed by atoms with Gasteiger partial charge in [-0.2, -0.15) is 0 Å². The second-order valence-corrected chi connectivity index (χ2v) is 8.42. The van der Waals surface area contributed by atoms with E-state index in [1.165, 1.54) is 5.56 Å². The van der Waals surface area contributed by atoms with Crippen molar-refractivity contribution in [3.63, 3.8) is 0 Å². The summed E-state index contributed by atoms with van der Waals surface area (Å²) in [6, 6.07) is 17.8. The van der Waals surface area contributed by atoms with Crippen molar-refractivity contribution >= 4 is 55.4 Å². The van der Waals surface area contributed by atoms with E-state index in [4.69, 9.17) is 16.3 Å². The van der Waals surface area contributed by atoms with Gasteiger partial charge in [0.2, 0.25) is 0 Å². The normalized spacial score (nSPS) is 11.1. The molecule has 5 heteroatoms. The number of rotatable bonds is 5. The van der Waals surface area contributed by atoms with E-state index < -0.39 is 0 Å². The van der Waals surface area contributed by atoms with Crippen molar-refractivity contribution in [1.29, 1.82) is 0 Å². The highest BCUT2D eigenvalue weighted by Crippen LogP contribution is 2.35. The van der Waals surface area contributed by atoms with Crippen LogP contribution in [0.15, 0.2) is 68.5 Å². The molecule has 0 bridgehead atoms. The van der Waals surface area contributed by atoms with Gasteiger partial charge in [0.1, 0.15) is 12.4 Å². The van der Waals surface area contributed by atoms with E-state index in [0.717, 1.165) is 37.1 Å². The number of aryl methyl sites for hydroxylation is 2. The number of halogens is 3. The Kier molecular flexibility index (Phi) is 6.74. The summed E-state index contributed by atoms with van der Waals surface area (Å²) >= 11 is 13.1. The van der Waals surface area contributed by atoms with Crippen LogP contribution in [-0.2, 0) is 6.61 Å². The van der Waals surface area contributed by atoms with Gasteiger partial charge >= 0.3 is 0 Å². The summed E-state index contributed by atoms with van der Waals surface area (Å²) in [5, 5.41) is 0.716. The molecule has 3 aromatic carbocycles. The third-order valence-corrected chi connectivity index (χ3v) is 5.45. The second kappa shape index (κ2) is 9.05. The van der Waals surface area contributed by atoms with Gasteiger partial charge in [-0.15, -0.1) is 0 Å². The van der Waals surface area contributed by atoms with Gasteiger partial charge in [-0.3, -0.25) is 4.99 Å². The van der Waals surface area contributed by atoms with Gasteiger partial charge in [0.05, 0.1) is 14.6 Å². The lowest BCUT2D eigenvalue weighted by Gasteiger charge is -2.11. The molecule has 0 N–H and O–H groups in total. The largest absolute Gasteiger partial charge is 0.487 e. The molecule has 0 aliphatic carbocycles. The zero-order chi connectivity index (χ0) is 19.4. The minimum atomic E-state index is 0.463. The Bertz CT molecular complexity index is 961. The molecule has 0 unspecified atom stereocenters. The molecular weight excluding hydrogens is 490 g/mol. The van der Waals surface area contributed by atoms with Crippen LogP contribution in [0.2, 0.25) is 5.02 Å². The zero-order valence-corrected chi connectivity index (χ0v) is 18.9. The van der Waals surface area contributed by atoms with Crippen molar-refractivity contribution < 1.29 is 4.74 Å². The lowest BCUT2D eigenvalue weighted by Crippen LogP contribution is -1.97. The Hall–Kier alpha value is -1.62. The summed E-state index contributed by atoms with van der Waals surface area (Å²) in [5.74, 6) is 0.758.